The zero-order valence-corrected chi connectivity index (χ0v) is 11.0. The Labute approximate surface area is 121 Å². The van der Waals surface area contributed by atoms with Gasteiger partial charge in [-0.25, -0.2) is 4.99 Å². The maximum absolute atomic E-state index is 9.29. The number of rotatable bonds is 4. The van der Waals surface area contributed by atoms with Crippen molar-refractivity contribution >= 4 is 23.5 Å². The van der Waals surface area contributed by atoms with Crippen molar-refractivity contribution in [3.05, 3.63) is 59.9 Å². The van der Waals surface area contributed by atoms with E-state index in [9.17, 15) is 5.26 Å². The van der Waals surface area contributed by atoms with Crippen molar-refractivity contribution in [1.29, 1.82) is 5.26 Å². The molecule has 0 saturated carbocycles. The van der Waals surface area contributed by atoms with Gasteiger partial charge in [0.15, 0.2) is 11.6 Å². The Morgan fingerprint density at radius 2 is 2.05 bits per heavy atom. The number of aliphatic imine (C=N–C) groups is 1. The molecule has 21 heavy (non-hydrogen) atoms. The van der Waals surface area contributed by atoms with E-state index in [2.05, 4.69) is 31.6 Å². The van der Waals surface area contributed by atoms with E-state index in [-0.39, 0.29) is 0 Å². The predicted octanol–water partition coefficient (Wildman–Crippen LogP) is 3.10. The molecule has 1 aromatic carbocycles. The third-order valence-corrected chi connectivity index (χ3v) is 2.85. The Morgan fingerprint density at radius 3 is 2.76 bits per heavy atom. The van der Waals surface area contributed by atoms with E-state index in [1.165, 1.54) is 0 Å². The van der Waals surface area contributed by atoms with E-state index in [4.69, 9.17) is 0 Å². The van der Waals surface area contributed by atoms with Crippen LogP contribution in [0, 0.1) is 11.3 Å². The van der Waals surface area contributed by atoms with Crippen LogP contribution in [0.25, 0.3) is 0 Å². The number of nitrogens with zero attached hydrogens (tertiary/aromatic N) is 3. The van der Waals surface area contributed by atoms with Crippen LogP contribution < -0.4 is 5.32 Å². The average Bonchev–Trinajstić information content (AvgIpc) is 3.15. The number of aromatic amines is 2. The highest BCUT2D eigenvalue weighted by Crippen LogP contribution is 2.25. The summed E-state index contributed by atoms with van der Waals surface area (Å²) >= 11 is 0. The summed E-state index contributed by atoms with van der Waals surface area (Å²) in [6, 6.07) is 15.4. The number of hydrogen-bond acceptors (Lipinski definition) is 4. The summed E-state index contributed by atoms with van der Waals surface area (Å²) in [5.41, 5.74) is 2.09. The van der Waals surface area contributed by atoms with Gasteiger partial charge in [-0.1, -0.05) is 18.2 Å². The molecule has 2 heterocycles. The zero-order chi connectivity index (χ0) is 14.5. The molecule has 6 heteroatoms. The fourth-order valence-corrected chi connectivity index (χ4v) is 1.84. The Morgan fingerprint density at radius 1 is 1.19 bits per heavy atom. The molecule has 6 nitrogen and oxygen atoms in total. The summed E-state index contributed by atoms with van der Waals surface area (Å²) in [5.74, 6) is 0.882. The van der Waals surface area contributed by atoms with Gasteiger partial charge in [-0.3, -0.25) is 5.10 Å². The van der Waals surface area contributed by atoms with Gasteiger partial charge in [0, 0.05) is 11.9 Å². The first-order valence-corrected chi connectivity index (χ1v) is 6.35. The van der Waals surface area contributed by atoms with Crippen LogP contribution in [-0.2, 0) is 0 Å². The van der Waals surface area contributed by atoms with Crippen LogP contribution in [0.4, 0.5) is 17.3 Å². The van der Waals surface area contributed by atoms with Gasteiger partial charge < -0.3 is 10.3 Å². The second kappa shape index (κ2) is 5.75. The van der Waals surface area contributed by atoms with E-state index in [0.717, 1.165) is 11.4 Å². The number of aromatic nitrogens is 3. The first-order chi connectivity index (χ1) is 10.4. The molecule has 0 radical (unpaired) electrons. The van der Waals surface area contributed by atoms with Crippen molar-refractivity contribution in [2.75, 3.05) is 5.32 Å². The van der Waals surface area contributed by atoms with Crippen molar-refractivity contribution in [2.45, 2.75) is 0 Å². The maximum atomic E-state index is 9.29. The molecule has 102 valence electrons. The highest BCUT2D eigenvalue weighted by molar-refractivity contribution is 5.81. The lowest BCUT2D eigenvalue weighted by Crippen LogP contribution is -1.92. The number of nitriles is 1. The first kappa shape index (κ1) is 12.7. The van der Waals surface area contributed by atoms with Gasteiger partial charge in [-0.15, -0.1) is 0 Å². The summed E-state index contributed by atoms with van der Waals surface area (Å²) in [7, 11) is 0. The standard InChI is InChI=1S/C15H12N6/c16-9-13-14(18-10-12-7-4-8-17-12)20-21-15(13)19-11-5-2-1-3-6-11/h1-8,10,17H,(H2,19,20,21)/b18-10+. The summed E-state index contributed by atoms with van der Waals surface area (Å²) < 4.78 is 0. The largest absolute Gasteiger partial charge is 0.360 e. The second-order valence-electron chi connectivity index (χ2n) is 4.28. The lowest BCUT2D eigenvalue weighted by atomic mass is 10.3. The fourth-order valence-electron chi connectivity index (χ4n) is 1.84. The minimum atomic E-state index is 0.377. The number of para-hydroxylation sites is 1. The Bertz CT molecular complexity index is 777. The number of H-pyrrole nitrogens is 2. The highest BCUT2D eigenvalue weighted by Gasteiger charge is 2.12. The second-order valence-corrected chi connectivity index (χ2v) is 4.28. The summed E-state index contributed by atoms with van der Waals surface area (Å²) in [4.78, 5) is 7.25. The fraction of sp³-hybridized carbons (Fsp3) is 0. The molecule has 3 N–H and O–H groups in total. The van der Waals surface area contributed by atoms with Crippen LogP contribution in [0.2, 0.25) is 0 Å². The SMILES string of the molecule is N#Cc1c(Nc2ccccc2)n[nH]c1/N=C/c1ccc[nH]1. The van der Waals surface area contributed by atoms with E-state index in [1.54, 1.807) is 6.21 Å². The van der Waals surface area contributed by atoms with Crippen LogP contribution in [0.5, 0.6) is 0 Å². The Kier molecular flexibility index (Phi) is 3.48. The lowest BCUT2D eigenvalue weighted by Gasteiger charge is -2.01. The zero-order valence-electron chi connectivity index (χ0n) is 11.0. The molecule has 0 aliphatic rings. The third-order valence-electron chi connectivity index (χ3n) is 2.85. The molecular formula is C15H12N6. The minimum absolute atomic E-state index is 0.377. The van der Waals surface area contributed by atoms with Crippen LogP contribution >= 0.6 is 0 Å². The molecule has 0 unspecified atom stereocenters. The van der Waals surface area contributed by atoms with Gasteiger partial charge in [-0.2, -0.15) is 10.4 Å². The Hall–Kier alpha value is -3.33. The van der Waals surface area contributed by atoms with Gasteiger partial charge >= 0.3 is 0 Å². The van der Waals surface area contributed by atoms with Gasteiger partial charge in [0.05, 0.1) is 11.9 Å². The lowest BCUT2D eigenvalue weighted by molar-refractivity contribution is 1.09. The summed E-state index contributed by atoms with van der Waals surface area (Å²) in [6.07, 6.45) is 3.45. The first-order valence-electron chi connectivity index (χ1n) is 6.35. The van der Waals surface area contributed by atoms with Crippen LogP contribution in [0.3, 0.4) is 0 Å². The van der Waals surface area contributed by atoms with Crippen LogP contribution in [-0.4, -0.2) is 21.4 Å². The number of hydrogen-bond donors (Lipinski definition) is 3. The molecule has 0 bridgehead atoms. The summed E-state index contributed by atoms with van der Waals surface area (Å²) in [5, 5.41) is 19.2. The van der Waals surface area contributed by atoms with Crippen LogP contribution in [0.1, 0.15) is 11.3 Å². The highest BCUT2D eigenvalue weighted by atomic mass is 15.2. The van der Waals surface area contributed by atoms with Crippen molar-refractivity contribution in [2.24, 2.45) is 4.99 Å². The smallest absolute Gasteiger partial charge is 0.172 e. The normalized spacial score (nSPS) is 10.6. The number of benzene rings is 1. The quantitative estimate of drug-likeness (QED) is 0.639. The number of nitrogens with one attached hydrogen (secondary N) is 3. The van der Waals surface area contributed by atoms with E-state index < -0.39 is 0 Å². The molecule has 0 amide bonds. The molecule has 0 spiro atoms. The van der Waals surface area contributed by atoms with Gasteiger partial charge in [0.25, 0.3) is 0 Å². The van der Waals surface area contributed by atoms with Gasteiger partial charge in [0.1, 0.15) is 11.6 Å². The molecule has 2 aromatic heterocycles. The summed E-state index contributed by atoms with van der Waals surface area (Å²) in [6.45, 7) is 0. The van der Waals surface area contributed by atoms with Crippen molar-refractivity contribution in [3.8, 4) is 6.07 Å². The van der Waals surface area contributed by atoms with Crippen molar-refractivity contribution in [1.82, 2.24) is 15.2 Å². The van der Waals surface area contributed by atoms with Gasteiger partial charge in [0.2, 0.25) is 0 Å². The molecule has 0 aliphatic carbocycles. The Balaban J connectivity index is 1.86. The molecular weight excluding hydrogens is 264 g/mol. The number of anilines is 2. The third kappa shape index (κ3) is 2.82. The van der Waals surface area contributed by atoms with E-state index in [0.29, 0.717) is 17.2 Å². The monoisotopic (exact) mass is 276 g/mol. The van der Waals surface area contributed by atoms with Crippen molar-refractivity contribution < 1.29 is 0 Å². The molecule has 0 saturated heterocycles. The molecule has 3 aromatic rings. The maximum Gasteiger partial charge on any atom is 0.172 e. The van der Waals surface area contributed by atoms with Crippen molar-refractivity contribution in [3.63, 3.8) is 0 Å². The molecule has 0 fully saturated rings. The molecule has 3 rings (SSSR count). The van der Waals surface area contributed by atoms with E-state index >= 15 is 0 Å². The minimum Gasteiger partial charge on any atom is -0.360 e. The van der Waals surface area contributed by atoms with Gasteiger partial charge in [-0.05, 0) is 24.3 Å². The van der Waals surface area contributed by atoms with Crippen LogP contribution in [0.15, 0.2) is 53.7 Å². The molecule has 0 atom stereocenters. The molecule has 0 aliphatic heterocycles. The van der Waals surface area contributed by atoms with E-state index in [1.807, 2.05) is 48.7 Å². The predicted molar refractivity (Wildman–Crippen MR) is 81.1 cm³/mol. The topological polar surface area (TPSA) is 92.7 Å². The average molecular weight is 276 g/mol.